The zero-order valence-electron chi connectivity index (χ0n) is 16.1. The summed E-state index contributed by atoms with van der Waals surface area (Å²) in [6, 6.07) is 7.84. The van der Waals surface area contributed by atoms with Gasteiger partial charge in [-0.2, -0.15) is 4.31 Å². The van der Waals surface area contributed by atoms with Crippen LogP contribution in [0, 0.1) is 13.8 Å². The molecular weight excluding hydrogens is 382 g/mol. The van der Waals surface area contributed by atoms with Crippen molar-refractivity contribution in [1.82, 2.24) is 14.3 Å². The molecule has 9 heteroatoms. The van der Waals surface area contributed by atoms with E-state index in [1.165, 1.54) is 35.7 Å². The number of aromatic nitrogens is 2. The van der Waals surface area contributed by atoms with Crippen molar-refractivity contribution in [3.05, 3.63) is 47.3 Å². The molecule has 28 heavy (non-hydrogen) atoms. The molecule has 0 radical (unpaired) electrons. The molecule has 0 bridgehead atoms. The molecule has 1 fully saturated rings. The molecule has 0 saturated carbocycles. The zero-order chi connectivity index (χ0) is 20.3. The summed E-state index contributed by atoms with van der Waals surface area (Å²) < 4.78 is 37.8. The molecular formula is C19H23N3O5S. The summed E-state index contributed by atoms with van der Waals surface area (Å²) in [5.74, 6) is -0.510. The molecule has 3 rings (SSSR count). The highest BCUT2D eigenvalue weighted by Crippen LogP contribution is 2.23. The van der Waals surface area contributed by atoms with Crippen LogP contribution in [0.1, 0.15) is 34.6 Å². The van der Waals surface area contributed by atoms with E-state index in [-0.39, 0.29) is 23.6 Å². The van der Waals surface area contributed by atoms with Gasteiger partial charge in [0.2, 0.25) is 10.0 Å². The summed E-state index contributed by atoms with van der Waals surface area (Å²) in [7, 11) is -2.41. The summed E-state index contributed by atoms with van der Waals surface area (Å²) in [6.07, 6.45) is 1.08. The molecule has 150 valence electrons. The molecule has 1 saturated heterocycles. The first-order valence-electron chi connectivity index (χ1n) is 8.97. The number of hydrogen-bond acceptors (Lipinski definition) is 7. The Morgan fingerprint density at radius 1 is 1.14 bits per heavy atom. The predicted molar refractivity (Wildman–Crippen MR) is 102 cm³/mol. The third-order valence-electron chi connectivity index (χ3n) is 4.49. The molecule has 1 aliphatic heterocycles. The second-order valence-corrected chi connectivity index (χ2v) is 8.63. The van der Waals surface area contributed by atoms with E-state index in [1.807, 2.05) is 19.9 Å². The first-order chi connectivity index (χ1) is 13.3. The maximum absolute atomic E-state index is 13.0. The molecule has 1 aromatic heterocycles. The van der Waals surface area contributed by atoms with Crippen molar-refractivity contribution in [3.8, 4) is 6.01 Å². The van der Waals surface area contributed by atoms with Crippen LogP contribution >= 0.6 is 0 Å². The molecule has 1 aliphatic rings. The van der Waals surface area contributed by atoms with E-state index in [2.05, 4.69) is 14.7 Å². The summed E-state index contributed by atoms with van der Waals surface area (Å²) in [5, 5.41) is 0. The van der Waals surface area contributed by atoms with Crippen LogP contribution in [0.3, 0.4) is 0 Å². The van der Waals surface area contributed by atoms with E-state index in [4.69, 9.17) is 4.74 Å². The average molecular weight is 405 g/mol. The van der Waals surface area contributed by atoms with Gasteiger partial charge in [0.1, 0.15) is 6.10 Å². The van der Waals surface area contributed by atoms with E-state index in [9.17, 15) is 13.2 Å². The number of sulfonamides is 1. The van der Waals surface area contributed by atoms with Gasteiger partial charge in [-0.1, -0.05) is 0 Å². The van der Waals surface area contributed by atoms with E-state index in [0.717, 1.165) is 17.8 Å². The third kappa shape index (κ3) is 4.48. The molecule has 2 heterocycles. The lowest BCUT2D eigenvalue weighted by atomic mass is 10.1. The fourth-order valence-electron chi connectivity index (χ4n) is 3.14. The second kappa shape index (κ2) is 8.24. The Kier molecular flexibility index (Phi) is 5.95. The van der Waals surface area contributed by atoms with Gasteiger partial charge >= 0.3 is 12.0 Å². The van der Waals surface area contributed by atoms with Gasteiger partial charge in [0.25, 0.3) is 0 Å². The minimum atomic E-state index is -3.69. The van der Waals surface area contributed by atoms with Crippen molar-refractivity contribution in [1.29, 1.82) is 0 Å². The lowest BCUT2D eigenvalue weighted by Gasteiger charge is -2.31. The van der Waals surface area contributed by atoms with Crippen molar-refractivity contribution in [2.75, 3.05) is 20.2 Å². The number of ether oxygens (including phenoxy) is 2. The van der Waals surface area contributed by atoms with Gasteiger partial charge in [0, 0.05) is 17.9 Å². The SMILES string of the molecule is COC(=O)c1ccc(S(=O)(=O)N2CCCC(Oc3nc(C)cc(C)n3)C2)cc1. The number of carbonyl (C=O) groups excluding carboxylic acids is 1. The maximum atomic E-state index is 13.0. The Hall–Kier alpha value is -2.52. The number of methoxy groups -OCH3 is 1. The summed E-state index contributed by atoms with van der Waals surface area (Å²) in [4.78, 5) is 20.2. The Bertz CT molecular complexity index is 940. The molecule has 0 spiro atoms. The van der Waals surface area contributed by atoms with Gasteiger partial charge < -0.3 is 9.47 Å². The second-order valence-electron chi connectivity index (χ2n) is 6.69. The van der Waals surface area contributed by atoms with E-state index in [1.54, 1.807) is 0 Å². The van der Waals surface area contributed by atoms with Crippen LogP contribution in [0.25, 0.3) is 0 Å². The van der Waals surface area contributed by atoms with Crippen LogP contribution in [0.2, 0.25) is 0 Å². The van der Waals surface area contributed by atoms with Gasteiger partial charge in [-0.15, -0.1) is 0 Å². The maximum Gasteiger partial charge on any atom is 0.337 e. The molecule has 0 N–H and O–H groups in total. The van der Waals surface area contributed by atoms with Gasteiger partial charge in [-0.05, 0) is 57.0 Å². The number of carbonyl (C=O) groups is 1. The van der Waals surface area contributed by atoms with Crippen molar-refractivity contribution in [3.63, 3.8) is 0 Å². The molecule has 2 aromatic rings. The Morgan fingerprint density at radius 3 is 2.39 bits per heavy atom. The standard InChI is InChI=1S/C19H23N3O5S/c1-13-11-14(2)21-19(20-13)27-16-5-4-10-22(12-16)28(24,25)17-8-6-15(7-9-17)18(23)26-3/h6-9,11,16H,4-5,10,12H2,1-3H3. The first kappa shape index (κ1) is 20.2. The summed E-state index contributed by atoms with van der Waals surface area (Å²) in [5.41, 5.74) is 1.90. The molecule has 1 atom stereocenters. The van der Waals surface area contributed by atoms with Crippen LogP contribution in [-0.2, 0) is 14.8 Å². The largest absolute Gasteiger partial charge is 0.465 e. The Labute approximate surface area is 164 Å². The molecule has 1 unspecified atom stereocenters. The van der Waals surface area contributed by atoms with Crippen molar-refractivity contribution < 1.29 is 22.7 Å². The van der Waals surface area contributed by atoms with Gasteiger partial charge in [0.05, 0.1) is 24.1 Å². The van der Waals surface area contributed by atoms with Gasteiger partial charge in [-0.25, -0.2) is 23.2 Å². The third-order valence-corrected chi connectivity index (χ3v) is 6.37. The molecule has 1 aromatic carbocycles. The van der Waals surface area contributed by atoms with Crippen LogP contribution in [0.5, 0.6) is 6.01 Å². The molecule has 0 aliphatic carbocycles. The minimum Gasteiger partial charge on any atom is -0.465 e. The average Bonchev–Trinajstić information content (AvgIpc) is 2.67. The van der Waals surface area contributed by atoms with Crippen LogP contribution < -0.4 is 4.74 Å². The highest BCUT2D eigenvalue weighted by atomic mass is 32.2. The first-order valence-corrected chi connectivity index (χ1v) is 10.4. The highest BCUT2D eigenvalue weighted by molar-refractivity contribution is 7.89. The number of aryl methyl sites for hydroxylation is 2. The number of rotatable bonds is 5. The number of nitrogens with zero attached hydrogens (tertiary/aromatic N) is 3. The highest BCUT2D eigenvalue weighted by Gasteiger charge is 2.31. The monoisotopic (exact) mass is 405 g/mol. The Morgan fingerprint density at radius 2 is 1.79 bits per heavy atom. The fraction of sp³-hybridized carbons (Fsp3) is 0.421. The van der Waals surface area contributed by atoms with Crippen molar-refractivity contribution in [2.24, 2.45) is 0 Å². The number of hydrogen-bond donors (Lipinski definition) is 0. The molecule has 8 nitrogen and oxygen atoms in total. The van der Waals surface area contributed by atoms with Crippen LogP contribution in [0.4, 0.5) is 0 Å². The van der Waals surface area contributed by atoms with E-state index in [0.29, 0.717) is 18.5 Å². The van der Waals surface area contributed by atoms with E-state index < -0.39 is 16.0 Å². The number of esters is 1. The smallest absolute Gasteiger partial charge is 0.337 e. The quantitative estimate of drug-likeness (QED) is 0.703. The van der Waals surface area contributed by atoms with Crippen molar-refractivity contribution >= 4 is 16.0 Å². The predicted octanol–water partition coefficient (Wildman–Crippen LogP) is 2.11. The normalized spacial score (nSPS) is 17.9. The number of benzene rings is 1. The molecule has 0 amide bonds. The van der Waals surface area contributed by atoms with E-state index >= 15 is 0 Å². The van der Waals surface area contributed by atoms with Gasteiger partial charge in [-0.3, -0.25) is 0 Å². The minimum absolute atomic E-state index is 0.128. The number of piperidine rings is 1. The van der Waals surface area contributed by atoms with Crippen molar-refractivity contribution in [2.45, 2.75) is 37.7 Å². The Balaban J connectivity index is 1.74. The van der Waals surface area contributed by atoms with Crippen LogP contribution in [0.15, 0.2) is 35.2 Å². The zero-order valence-corrected chi connectivity index (χ0v) is 16.9. The summed E-state index contributed by atoms with van der Waals surface area (Å²) >= 11 is 0. The fourth-order valence-corrected chi connectivity index (χ4v) is 4.65. The summed E-state index contributed by atoms with van der Waals surface area (Å²) in [6.45, 7) is 4.35. The lowest BCUT2D eigenvalue weighted by molar-refractivity contribution is 0.0600. The van der Waals surface area contributed by atoms with Gasteiger partial charge in [0.15, 0.2) is 0 Å². The lowest BCUT2D eigenvalue weighted by Crippen LogP contribution is -2.44. The topological polar surface area (TPSA) is 98.7 Å². The van der Waals surface area contributed by atoms with Crippen LogP contribution in [-0.4, -0.2) is 55.0 Å².